The highest BCUT2D eigenvalue weighted by molar-refractivity contribution is 5.81. The van der Waals surface area contributed by atoms with Crippen LogP contribution in [0.5, 0.6) is 0 Å². The molecular formula is C21H29N3O. The van der Waals surface area contributed by atoms with E-state index in [1.54, 1.807) is 0 Å². The van der Waals surface area contributed by atoms with Gasteiger partial charge in [0, 0.05) is 13.1 Å². The summed E-state index contributed by atoms with van der Waals surface area (Å²) >= 11 is 0. The molecule has 0 bridgehead atoms. The molecule has 0 fully saturated rings. The third-order valence-corrected chi connectivity index (χ3v) is 4.43. The Morgan fingerprint density at radius 1 is 0.960 bits per heavy atom. The van der Waals surface area contributed by atoms with Crippen LogP contribution >= 0.6 is 0 Å². The first-order valence-corrected chi connectivity index (χ1v) is 8.99. The lowest BCUT2D eigenvalue weighted by molar-refractivity contribution is -0.122. The van der Waals surface area contributed by atoms with Gasteiger partial charge in [-0.3, -0.25) is 9.69 Å². The fourth-order valence-electron chi connectivity index (χ4n) is 2.75. The highest BCUT2D eigenvalue weighted by atomic mass is 16.2. The van der Waals surface area contributed by atoms with Crippen LogP contribution in [0.25, 0.3) is 0 Å². The first-order valence-electron chi connectivity index (χ1n) is 8.99. The van der Waals surface area contributed by atoms with E-state index in [-0.39, 0.29) is 5.91 Å². The van der Waals surface area contributed by atoms with Gasteiger partial charge in [0.25, 0.3) is 0 Å². The Balaban J connectivity index is 1.81. The lowest BCUT2D eigenvalue weighted by Crippen LogP contribution is -2.41. The summed E-state index contributed by atoms with van der Waals surface area (Å²) in [5.74, 6) is -0.115. The zero-order chi connectivity index (χ0) is 18.1. The smallest absolute Gasteiger partial charge is 0.237 e. The quantitative estimate of drug-likeness (QED) is 0.738. The molecule has 1 unspecified atom stereocenters. The molecule has 0 aromatic heterocycles. The van der Waals surface area contributed by atoms with E-state index in [2.05, 4.69) is 48.3 Å². The lowest BCUT2D eigenvalue weighted by atomic mass is 10.1. The Hall–Kier alpha value is -2.17. The number of benzene rings is 2. The molecule has 4 heteroatoms. The average Bonchev–Trinajstić information content (AvgIpc) is 2.65. The summed E-state index contributed by atoms with van der Waals surface area (Å²) in [6.45, 7) is 7.91. The van der Waals surface area contributed by atoms with Crippen LogP contribution in [0.2, 0.25) is 0 Å². The van der Waals surface area contributed by atoms with Gasteiger partial charge < -0.3 is 11.1 Å². The standard InChI is InChI=1S/C21H29N3O/c1-3-24(4-2)16-19-12-10-18(11-13-19)15-23-21(25)20(22)14-17-8-6-5-7-9-17/h5-13,20H,3-4,14-16,22H2,1-2H3,(H,23,25). The van der Waals surface area contributed by atoms with E-state index in [1.165, 1.54) is 5.56 Å². The zero-order valence-electron chi connectivity index (χ0n) is 15.2. The summed E-state index contributed by atoms with van der Waals surface area (Å²) in [7, 11) is 0. The van der Waals surface area contributed by atoms with Crippen LogP contribution in [-0.2, 0) is 24.3 Å². The predicted molar refractivity (Wildman–Crippen MR) is 103 cm³/mol. The van der Waals surface area contributed by atoms with Crippen molar-refractivity contribution in [3.05, 3.63) is 71.3 Å². The van der Waals surface area contributed by atoms with Crippen molar-refractivity contribution in [2.75, 3.05) is 13.1 Å². The van der Waals surface area contributed by atoms with Crippen molar-refractivity contribution >= 4 is 5.91 Å². The summed E-state index contributed by atoms with van der Waals surface area (Å²) < 4.78 is 0. The second kappa shape index (κ2) is 9.97. The van der Waals surface area contributed by atoms with Gasteiger partial charge in [-0.1, -0.05) is 68.4 Å². The number of rotatable bonds is 9. The second-order valence-electron chi connectivity index (χ2n) is 6.29. The van der Waals surface area contributed by atoms with E-state index in [1.807, 2.05) is 30.3 Å². The minimum absolute atomic E-state index is 0.115. The molecule has 134 valence electrons. The molecule has 25 heavy (non-hydrogen) atoms. The highest BCUT2D eigenvalue weighted by Crippen LogP contribution is 2.08. The van der Waals surface area contributed by atoms with Crippen molar-refractivity contribution in [3.63, 3.8) is 0 Å². The number of nitrogens with two attached hydrogens (primary N) is 1. The van der Waals surface area contributed by atoms with Gasteiger partial charge in [0.1, 0.15) is 0 Å². The van der Waals surface area contributed by atoms with Crippen molar-refractivity contribution in [3.8, 4) is 0 Å². The molecule has 2 rings (SSSR count). The molecule has 1 atom stereocenters. The van der Waals surface area contributed by atoms with Crippen LogP contribution in [0.15, 0.2) is 54.6 Å². The van der Waals surface area contributed by atoms with Gasteiger partial charge in [-0.2, -0.15) is 0 Å². The van der Waals surface area contributed by atoms with E-state index in [9.17, 15) is 4.79 Å². The molecule has 3 N–H and O–H groups in total. The largest absolute Gasteiger partial charge is 0.351 e. The number of nitrogens with one attached hydrogen (secondary N) is 1. The van der Waals surface area contributed by atoms with Crippen molar-refractivity contribution in [2.45, 2.75) is 39.4 Å². The molecule has 0 saturated heterocycles. The molecule has 2 aromatic carbocycles. The van der Waals surface area contributed by atoms with Crippen LogP contribution in [0, 0.1) is 0 Å². The molecule has 0 aliphatic heterocycles. The van der Waals surface area contributed by atoms with Crippen LogP contribution in [0.3, 0.4) is 0 Å². The van der Waals surface area contributed by atoms with Gasteiger partial charge in [0.2, 0.25) is 5.91 Å². The van der Waals surface area contributed by atoms with Gasteiger partial charge in [-0.25, -0.2) is 0 Å². The third kappa shape index (κ3) is 6.33. The molecule has 0 saturated carbocycles. The van der Waals surface area contributed by atoms with Gasteiger partial charge in [-0.05, 0) is 36.2 Å². The average molecular weight is 339 g/mol. The van der Waals surface area contributed by atoms with Crippen LogP contribution in [0.4, 0.5) is 0 Å². The Kier molecular flexibility index (Phi) is 7.64. The number of carbonyl (C=O) groups is 1. The number of amides is 1. The number of hydrogen-bond donors (Lipinski definition) is 2. The minimum atomic E-state index is -0.524. The topological polar surface area (TPSA) is 58.4 Å². The SMILES string of the molecule is CCN(CC)Cc1ccc(CNC(=O)C(N)Cc2ccccc2)cc1. The molecule has 2 aromatic rings. The van der Waals surface area contributed by atoms with Gasteiger partial charge >= 0.3 is 0 Å². The van der Waals surface area contributed by atoms with Crippen molar-refractivity contribution in [1.29, 1.82) is 0 Å². The van der Waals surface area contributed by atoms with E-state index < -0.39 is 6.04 Å². The Labute approximate surface area is 151 Å². The zero-order valence-corrected chi connectivity index (χ0v) is 15.2. The molecule has 0 radical (unpaired) electrons. The summed E-state index contributed by atoms with van der Waals surface area (Å²) in [4.78, 5) is 14.5. The van der Waals surface area contributed by atoms with E-state index >= 15 is 0 Å². The lowest BCUT2D eigenvalue weighted by Gasteiger charge is -2.18. The monoisotopic (exact) mass is 339 g/mol. The van der Waals surface area contributed by atoms with Gasteiger partial charge in [0.05, 0.1) is 6.04 Å². The molecule has 4 nitrogen and oxygen atoms in total. The fraction of sp³-hybridized carbons (Fsp3) is 0.381. The maximum absolute atomic E-state index is 12.2. The fourth-order valence-corrected chi connectivity index (χ4v) is 2.75. The normalized spacial score (nSPS) is 12.2. The summed E-state index contributed by atoms with van der Waals surface area (Å²) in [5, 5.41) is 2.93. The maximum atomic E-state index is 12.2. The Morgan fingerprint density at radius 3 is 2.16 bits per heavy atom. The van der Waals surface area contributed by atoms with Gasteiger partial charge in [0.15, 0.2) is 0 Å². The first kappa shape index (κ1) is 19.2. The molecule has 1 amide bonds. The van der Waals surface area contributed by atoms with Crippen molar-refractivity contribution < 1.29 is 4.79 Å². The third-order valence-electron chi connectivity index (χ3n) is 4.43. The summed E-state index contributed by atoms with van der Waals surface area (Å²) in [6, 6.07) is 17.7. The van der Waals surface area contributed by atoms with Crippen molar-refractivity contribution in [1.82, 2.24) is 10.2 Å². The molecular weight excluding hydrogens is 310 g/mol. The summed E-state index contributed by atoms with van der Waals surface area (Å²) in [6.07, 6.45) is 0.551. The van der Waals surface area contributed by atoms with E-state index in [4.69, 9.17) is 5.73 Å². The number of hydrogen-bond acceptors (Lipinski definition) is 3. The van der Waals surface area contributed by atoms with E-state index in [0.29, 0.717) is 13.0 Å². The minimum Gasteiger partial charge on any atom is -0.351 e. The number of carbonyl (C=O) groups excluding carboxylic acids is 1. The van der Waals surface area contributed by atoms with Crippen molar-refractivity contribution in [2.24, 2.45) is 5.73 Å². The molecule has 0 heterocycles. The van der Waals surface area contributed by atoms with Crippen LogP contribution in [-0.4, -0.2) is 29.9 Å². The van der Waals surface area contributed by atoms with Crippen LogP contribution < -0.4 is 11.1 Å². The predicted octanol–water partition coefficient (Wildman–Crippen LogP) is 2.71. The second-order valence-corrected chi connectivity index (χ2v) is 6.29. The van der Waals surface area contributed by atoms with E-state index in [0.717, 1.165) is 30.8 Å². The molecule has 0 aliphatic rings. The highest BCUT2D eigenvalue weighted by Gasteiger charge is 2.13. The van der Waals surface area contributed by atoms with Gasteiger partial charge in [-0.15, -0.1) is 0 Å². The maximum Gasteiger partial charge on any atom is 0.237 e. The Morgan fingerprint density at radius 2 is 1.56 bits per heavy atom. The summed E-state index contributed by atoms with van der Waals surface area (Å²) in [5.41, 5.74) is 9.46. The Bertz CT molecular complexity index is 636. The first-order chi connectivity index (χ1) is 12.1. The molecule has 0 spiro atoms. The molecule has 0 aliphatic carbocycles. The van der Waals surface area contributed by atoms with Crippen LogP contribution in [0.1, 0.15) is 30.5 Å². The number of nitrogens with zero attached hydrogens (tertiary/aromatic N) is 1.